The Kier molecular flexibility index (Phi) is 3.27. The molecule has 2 fully saturated rings. The number of ether oxygens (including phenoxy) is 1. The van der Waals surface area contributed by atoms with Gasteiger partial charge in [0.2, 0.25) is 5.88 Å². The van der Waals surface area contributed by atoms with Gasteiger partial charge in [-0.2, -0.15) is 0 Å². The van der Waals surface area contributed by atoms with E-state index in [2.05, 4.69) is 10.2 Å². The molecule has 1 spiro atoms. The lowest BCUT2D eigenvalue weighted by atomic mass is 9.90. The Morgan fingerprint density at radius 3 is 2.52 bits per heavy atom. The summed E-state index contributed by atoms with van der Waals surface area (Å²) in [6.45, 7) is 1.16. The van der Waals surface area contributed by atoms with Crippen LogP contribution in [0, 0.1) is 11.3 Å². The molecule has 112 valence electrons. The fourth-order valence-electron chi connectivity index (χ4n) is 3.11. The lowest BCUT2D eigenvalue weighted by Crippen LogP contribution is -2.40. The van der Waals surface area contributed by atoms with Gasteiger partial charge in [-0.1, -0.05) is 0 Å². The quantitative estimate of drug-likeness (QED) is 0.886. The summed E-state index contributed by atoms with van der Waals surface area (Å²) in [7, 11) is 1.49. The van der Waals surface area contributed by atoms with E-state index in [0.717, 1.165) is 19.3 Å². The first kappa shape index (κ1) is 13.8. The number of nitrogens with zero attached hydrogens (tertiary/aromatic N) is 3. The van der Waals surface area contributed by atoms with Crippen LogP contribution in [0.5, 0.6) is 5.88 Å². The molecule has 1 atom stereocenters. The van der Waals surface area contributed by atoms with E-state index < -0.39 is 5.97 Å². The van der Waals surface area contributed by atoms with Gasteiger partial charge in [-0.05, 0) is 30.7 Å². The molecule has 0 radical (unpaired) electrons. The van der Waals surface area contributed by atoms with Gasteiger partial charge in [0, 0.05) is 19.2 Å². The van der Waals surface area contributed by atoms with E-state index in [-0.39, 0.29) is 22.9 Å². The number of carbonyl (C=O) groups excluding carboxylic acids is 1. The van der Waals surface area contributed by atoms with Crippen LogP contribution in [-0.2, 0) is 4.79 Å². The largest absolute Gasteiger partial charge is 0.481 e. The summed E-state index contributed by atoms with van der Waals surface area (Å²) in [5.41, 5.74) is 0.214. The monoisotopic (exact) mass is 291 g/mol. The lowest BCUT2D eigenvalue weighted by Gasteiger charge is -2.32. The minimum atomic E-state index is -0.712. The van der Waals surface area contributed by atoms with Gasteiger partial charge < -0.3 is 14.7 Å². The van der Waals surface area contributed by atoms with Crippen LogP contribution in [0.4, 0.5) is 0 Å². The van der Waals surface area contributed by atoms with Gasteiger partial charge in [-0.3, -0.25) is 9.59 Å². The molecule has 0 aromatic carbocycles. The van der Waals surface area contributed by atoms with E-state index in [1.807, 2.05) is 0 Å². The van der Waals surface area contributed by atoms with E-state index in [4.69, 9.17) is 9.84 Å². The molecule has 7 nitrogen and oxygen atoms in total. The van der Waals surface area contributed by atoms with Crippen LogP contribution in [0.3, 0.4) is 0 Å². The number of hydrogen-bond acceptors (Lipinski definition) is 5. The first-order valence-electron chi connectivity index (χ1n) is 6.95. The molecule has 1 amide bonds. The average molecular weight is 291 g/mol. The van der Waals surface area contributed by atoms with Crippen molar-refractivity contribution in [2.75, 3.05) is 20.2 Å². The Balaban J connectivity index is 1.61. The summed E-state index contributed by atoms with van der Waals surface area (Å²) in [4.78, 5) is 25.1. The highest BCUT2D eigenvalue weighted by Crippen LogP contribution is 2.59. The number of carboxylic acids is 1. The van der Waals surface area contributed by atoms with Crippen LogP contribution in [0.1, 0.15) is 29.8 Å². The highest BCUT2D eigenvalue weighted by Gasteiger charge is 2.59. The van der Waals surface area contributed by atoms with Crippen molar-refractivity contribution >= 4 is 11.9 Å². The Bertz CT molecular complexity index is 564. The van der Waals surface area contributed by atoms with Crippen molar-refractivity contribution < 1.29 is 19.4 Å². The number of likely N-dealkylation sites (tertiary alicyclic amines) is 1. The van der Waals surface area contributed by atoms with Crippen molar-refractivity contribution in [1.29, 1.82) is 0 Å². The second kappa shape index (κ2) is 4.98. The summed E-state index contributed by atoms with van der Waals surface area (Å²) >= 11 is 0. The van der Waals surface area contributed by atoms with Crippen LogP contribution in [0.2, 0.25) is 0 Å². The molecule has 7 heteroatoms. The van der Waals surface area contributed by atoms with Gasteiger partial charge in [0.05, 0.1) is 13.0 Å². The fourth-order valence-corrected chi connectivity index (χ4v) is 3.11. The van der Waals surface area contributed by atoms with Gasteiger partial charge in [0.1, 0.15) is 0 Å². The fraction of sp³-hybridized carbons (Fsp3) is 0.571. The van der Waals surface area contributed by atoms with Crippen LogP contribution in [-0.4, -0.2) is 52.3 Å². The molecular weight excluding hydrogens is 274 g/mol. The number of piperidine rings is 1. The lowest BCUT2D eigenvalue weighted by molar-refractivity contribution is -0.139. The SMILES string of the molecule is COc1ccc(C(=O)N2CCC3(CC2)CC3C(=O)O)nn1. The van der Waals surface area contributed by atoms with Crippen molar-refractivity contribution in [2.45, 2.75) is 19.3 Å². The van der Waals surface area contributed by atoms with Crippen LogP contribution >= 0.6 is 0 Å². The zero-order valence-electron chi connectivity index (χ0n) is 11.8. The van der Waals surface area contributed by atoms with Crippen molar-refractivity contribution in [3.8, 4) is 5.88 Å². The number of rotatable bonds is 3. The molecule has 1 unspecified atom stereocenters. The second-order valence-electron chi connectivity index (χ2n) is 5.71. The number of amides is 1. The van der Waals surface area contributed by atoms with E-state index in [0.29, 0.717) is 19.0 Å². The Labute approximate surface area is 121 Å². The minimum Gasteiger partial charge on any atom is -0.481 e. The summed E-state index contributed by atoms with van der Waals surface area (Å²) in [5.74, 6) is -0.731. The zero-order valence-corrected chi connectivity index (χ0v) is 11.8. The number of hydrogen-bond donors (Lipinski definition) is 1. The third-order valence-electron chi connectivity index (χ3n) is 4.60. The number of aromatic nitrogens is 2. The zero-order chi connectivity index (χ0) is 15.0. The Morgan fingerprint density at radius 2 is 2.05 bits per heavy atom. The number of aliphatic carboxylic acids is 1. The second-order valence-corrected chi connectivity index (χ2v) is 5.71. The third kappa shape index (κ3) is 2.43. The van der Waals surface area contributed by atoms with E-state index >= 15 is 0 Å². The molecule has 0 bridgehead atoms. The molecule has 1 aliphatic heterocycles. The van der Waals surface area contributed by atoms with Gasteiger partial charge in [0.15, 0.2) is 5.69 Å². The molecule has 1 aromatic heterocycles. The molecule has 1 aliphatic carbocycles. The van der Waals surface area contributed by atoms with Gasteiger partial charge in [0.25, 0.3) is 5.91 Å². The third-order valence-corrected chi connectivity index (χ3v) is 4.60. The smallest absolute Gasteiger partial charge is 0.307 e. The van der Waals surface area contributed by atoms with Crippen LogP contribution in [0.25, 0.3) is 0 Å². The highest BCUT2D eigenvalue weighted by molar-refractivity contribution is 5.92. The van der Waals surface area contributed by atoms with Gasteiger partial charge in [-0.25, -0.2) is 0 Å². The number of carboxylic acid groups (broad SMARTS) is 1. The summed E-state index contributed by atoms with van der Waals surface area (Å²) in [5, 5.41) is 16.7. The van der Waals surface area contributed by atoms with Crippen molar-refractivity contribution in [3.05, 3.63) is 17.8 Å². The van der Waals surface area contributed by atoms with Crippen molar-refractivity contribution in [3.63, 3.8) is 0 Å². The first-order valence-corrected chi connectivity index (χ1v) is 6.95. The van der Waals surface area contributed by atoms with E-state index in [9.17, 15) is 9.59 Å². The summed E-state index contributed by atoms with van der Waals surface area (Å²) in [6, 6.07) is 3.20. The topological polar surface area (TPSA) is 92.6 Å². The molecule has 2 heterocycles. The normalized spacial score (nSPS) is 22.9. The minimum absolute atomic E-state index is 0.0752. The maximum absolute atomic E-state index is 12.3. The molecular formula is C14H17N3O4. The number of carbonyl (C=O) groups is 2. The van der Waals surface area contributed by atoms with Gasteiger partial charge >= 0.3 is 5.97 Å². The molecule has 1 saturated carbocycles. The molecule has 1 aromatic rings. The molecule has 1 N–H and O–H groups in total. The number of methoxy groups -OCH3 is 1. The predicted octanol–water partition coefficient (Wildman–Crippen LogP) is 0.812. The van der Waals surface area contributed by atoms with Crippen LogP contribution in [0.15, 0.2) is 12.1 Å². The average Bonchev–Trinajstić information content (AvgIpc) is 3.21. The van der Waals surface area contributed by atoms with Gasteiger partial charge in [-0.15, -0.1) is 10.2 Å². The molecule has 3 rings (SSSR count). The Morgan fingerprint density at radius 1 is 1.33 bits per heavy atom. The maximum Gasteiger partial charge on any atom is 0.307 e. The summed E-state index contributed by atoms with van der Waals surface area (Å²) < 4.78 is 4.91. The maximum atomic E-state index is 12.3. The predicted molar refractivity (Wildman–Crippen MR) is 71.9 cm³/mol. The van der Waals surface area contributed by atoms with E-state index in [1.54, 1.807) is 17.0 Å². The molecule has 1 saturated heterocycles. The molecule has 2 aliphatic rings. The standard InChI is InChI=1S/C14H17N3O4/c1-21-11-3-2-10(15-16-11)12(18)17-6-4-14(5-7-17)8-9(14)13(19)20/h2-3,9H,4-8H2,1H3,(H,19,20). The van der Waals surface area contributed by atoms with Crippen LogP contribution < -0.4 is 4.74 Å². The van der Waals surface area contributed by atoms with E-state index in [1.165, 1.54) is 7.11 Å². The van der Waals surface area contributed by atoms with Crippen molar-refractivity contribution in [1.82, 2.24) is 15.1 Å². The van der Waals surface area contributed by atoms with Crippen molar-refractivity contribution in [2.24, 2.45) is 11.3 Å². The first-order chi connectivity index (χ1) is 10.1. The molecule has 21 heavy (non-hydrogen) atoms. The highest BCUT2D eigenvalue weighted by atomic mass is 16.5. The summed E-state index contributed by atoms with van der Waals surface area (Å²) in [6.07, 6.45) is 2.24. The Hall–Kier alpha value is -2.18.